The fraction of sp³-hybridized carbons (Fsp3) is 0.800. The molecular weight excluding hydrogens is 353 g/mol. The number of sulfone groups is 1. The molecule has 1 amide bonds. The first-order valence-corrected chi connectivity index (χ1v) is 8.35. The minimum Gasteiger partial charge on any atom is -0.460 e. The standard InChI is InChI=1S/C10H12Cl3NO5S/c1-9(2)7(8(16)19-4-10(11,12)13)14-5(15)3-6(14)20(9,17)18/h6-7H,3-4H2,1-2H3/t6-,7+/m1/s1. The van der Waals surface area contributed by atoms with Crippen LogP contribution in [0.1, 0.15) is 20.3 Å². The second-order valence-corrected chi connectivity index (χ2v) is 10.4. The van der Waals surface area contributed by atoms with E-state index in [1.54, 1.807) is 0 Å². The first-order chi connectivity index (χ1) is 8.89. The average molecular weight is 365 g/mol. The molecule has 20 heavy (non-hydrogen) atoms. The summed E-state index contributed by atoms with van der Waals surface area (Å²) in [6.07, 6.45) is -0.111. The van der Waals surface area contributed by atoms with Crippen molar-refractivity contribution in [1.82, 2.24) is 4.90 Å². The van der Waals surface area contributed by atoms with Crippen molar-refractivity contribution < 1.29 is 22.7 Å². The second-order valence-electron chi connectivity index (χ2n) is 5.23. The summed E-state index contributed by atoms with van der Waals surface area (Å²) in [6, 6.07) is -1.22. The lowest BCUT2D eigenvalue weighted by molar-refractivity contribution is -0.161. The normalized spacial score (nSPS) is 30.6. The van der Waals surface area contributed by atoms with Crippen LogP contribution >= 0.6 is 34.8 Å². The lowest BCUT2D eigenvalue weighted by Crippen LogP contribution is -2.57. The number of hydrogen-bond acceptors (Lipinski definition) is 5. The van der Waals surface area contributed by atoms with Crippen molar-refractivity contribution in [2.24, 2.45) is 0 Å². The summed E-state index contributed by atoms with van der Waals surface area (Å²) in [5.41, 5.74) is 0. The number of esters is 1. The molecule has 0 radical (unpaired) electrons. The van der Waals surface area contributed by atoms with Crippen LogP contribution in [0.5, 0.6) is 0 Å². The van der Waals surface area contributed by atoms with Gasteiger partial charge >= 0.3 is 5.97 Å². The van der Waals surface area contributed by atoms with E-state index in [0.717, 1.165) is 4.90 Å². The van der Waals surface area contributed by atoms with Crippen molar-refractivity contribution >= 4 is 56.5 Å². The number of carbonyl (C=O) groups excluding carboxylic acids is 2. The molecule has 2 rings (SSSR count). The summed E-state index contributed by atoms with van der Waals surface area (Å²) in [5.74, 6) is -1.29. The Balaban J connectivity index is 2.26. The number of nitrogens with zero attached hydrogens (tertiary/aromatic N) is 1. The smallest absolute Gasteiger partial charge is 0.330 e. The molecule has 2 heterocycles. The molecule has 2 saturated heterocycles. The quantitative estimate of drug-likeness (QED) is 0.415. The molecule has 10 heteroatoms. The van der Waals surface area contributed by atoms with E-state index < -0.39 is 48.3 Å². The third-order valence-electron chi connectivity index (χ3n) is 3.58. The maximum atomic E-state index is 12.3. The number of alkyl halides is 3. The highest BCUT2D eigenvalue weighted by Gasteiger charge is 2.68. The molecule has 0 aromatic carbocycles. The zero-order valence-corrected chi connectivity index (χ0v) is 13.7. The zero-order valence-electron chi connectivity index (χ0n) is 10.6. The third-order valence-corrected chi connectivity index (χ3v) is 6.70. The predicted molar refractivity (Wildman–Crippen MR) is 73.3 cm³/mol. The molecule has 6 nitrogen and oxygen atoms in total. The van der Waals surface area contributed by atoms with Gasteiger partial charge < -0.3 is 9.64 Å². The van der Waals surface area contributed by atoms with E-state index in [1.807, 2.05) is 0 Å². The highest BCUT2D eigenvalue weighted by molar-refractivity contribution is 7.93. The Hall–Kier alpha value is -0.240. The van der Waals surface area contributed by atoms with Crippen LogP contribution in [-0.4, -0.2) is 51.8 Å². The molecular formula is C10H12Cl3NO5S. The van der Waals surface area contributed by atoms with Gasteiger partial charge in [-0.1, -0.05) is 34.8 Å². The van der Waals surface area contributed by atoms with Gasteiger partial charge in [0.25, 0.3) is 0 Å². The average Bonchev–Trinajstić information content (AvgIpc) is 2.39. The van der Waals surface area contributed by atoms with Crippen LogP contribution in [0, 0.1) is 0 Å². The van der Waals surface area contributed by atoms with Gasteiger partial charge in [-0.2, -0.15) is 0 Å². The van der Waals surface area contributed by atoms with Crippen molar-refractivity contribution in [3.8, 4) is 0 Å². The van der Waals surface area contributed by atoms with Gasteiger partial charge in [0.05, 0.1) is 11.2 Å². The van der Waals surface area contributed by atoms with Crippen LogP contribution in [0.25, 0.3) is 0 Å². The predicted octanol–water partition coefficient (Wildman–Crippen LogP) is 1.03. The number of ether oxygens (including phenoxy) is 1. The lowest BCUT2D eigenvalue weighted by Gasteiger charge is -2.36. The lowest BCUT2D eigenvalue weighted by atomic mass is 9.98. The number of halogens is 3. The Labute approximate surface area is 131 Å². The molecule has 0 aliphatic carbocycles. The molecule has 0 bridgehead atoms. The first kappa shape index (κ1) is 16.1. The van der Waals surface area contributed by atoms with Gasteiger partial charge in [-0.05, 0) is 13.8 Å². The molecule has 0 aromatic rings. The van der Waals surface area contributed by atoms with Crippen LogP contribution in [0.15, 0.2) is 0 Å². The van der Waals surface area contributed by atoms with Gasteiger partial charge in [-0.25, -0.2) is 13.2 Å². The largest absolute Gasteiger partial charge is 0.460 e. The van der Waals surface area contributed by atoms with Crippen LogP contribution in [0.4, 0.5) is 0 Å². The minimum atomic E-state index is -3.64. The van der Waals surface area contributed by atoms with E-state index in [9.17, 15) is 18.0 Å². The van der Waals surface area contributed by atoms with Gasteiger partial charge in [0.15, 0.2) is 9.84 Å². The topological polar surface area (TPSA) is 80.8 Å². The molecule has 2 atom stereocenters. The number of fused-ring (bicyclic) bond motifs is 1. The summed E-state index contributed by atoms with van der Waals surface area (Å²) < 4.78 is 26.1. The van der Waals surface area contributed by atoms with Crippen molar-refractivity contribution in [1.29, 1.82) is 0 Å². The Morgan fingerprint density at radius 3 is 2.45 bits per heavy atom. The summed E-state index contributed by atoms with van der Waals surface area (Å²) in [4.78, 5) is 24.7. The third kappa shape index (κ3) is 2.28. The van der Waals surface area contributed by atoms with E-state index in [2.05, 4.69) is 0 Å². The molecule has 0 aromatic heterocycles. The van der Waals surface area contributed by atoms with Gasteiger partial charge in [-0.15, -0.1) is 0 Å². The van der Waals surface area contributed by atoms with E-state index in [4.69, 9.17) is 39.5 Å². The van der Waals surface area contributed by atoms with Crippen molar-refractivity contribution in [3.63, 3.8) is 0 Å². The van der Waals surface area contributed by atoms with Gasteiger partial charge in [0.2, 0.25) is 9.70 Å². The maximum Gasteiger partial charge on any atom is 0.330 e. The summed E-state index contributed by atoms with van der Waals surface area (Å²) in [5, 5.41) is -0.963. The fourth-order valence-electron chi connectivity index (χ4n) is 2.44. The van der Waals surface area contributed by atoms with E-state index >= 15 is 0 Å². The Bertz CT molecular complexity index is 568. The molecule has 2 fully saturated rings. The van der Waals surface area contributed by atoms with Gasteiger partial charge in [0.1, 0.15) is 18.0 Å². The maximum absolute atomic E-state index is 12.3. The second kappa shape index (κ2) is 4.63. The number of rotatable bonds is 2. The monoisotopic (exact) mass is 363 g/mol. The van der Waals surface area contributed by atoms with Crippen LogP contribution in [0.2, 0.25) is 0 Å². The van der Waals surface area contributed by atoms with Gasteiger partial charge in [0, 0.05) is 0 Å². The van der Waals surface area contributed by atoms with Crippen molar-refractivity contribution in [3.05, 3.63) is 0 Å². The van der Waals surface area contributed by atoms with E-state index in [1.165, 1.54) is 13.8 Å². The van der Waals surface area contributed by atoms with Crippen LogP contribution < -0.4 is 0 Å². The number of carbonyl (C=O) groups is 2. The molecule has 2 aliphatic heterocycles. The Kier molecular flexibility index (Phi) is 3.73. The van der Waals surface area contributed by atoms with Crippen LogP contribution in [-0.2, 0) is 24.2 Å². The first-order valence-electron chi connectivity index (χ1n) is 5.67. The molecule has 114 valence electrons. The zero-order chi connectivity index (χ0) is 15.5. The van der Waals surface area contributed by atoms with E-state index in [-0.39, 0.29) is 6.42 Å². The number of β-lactam (4-membered cyclic amide) rings is 1. The Morgan fingerprint density at radius 1 is 1.45 bits per heavy atom. The molecule has 0 N–H and O–H groups in total. The minimum absolute atomic E-state index is 0.111. The molecule has 0 unspecified atom stereocenters. The number of hydrogen-bond donors (Lipinski definition) is 0. The number of amides is 1. The summed E-state index contributed by atoms with van der Waals surface area (Å²) in [7, 11) is -3.64. The van der Waals surface area contributed by atoms with Gasteiger partial charge in [-0.3, -0.25) is 4.79 Å². The molecule has 0 spiro atoms. The highest BCUT2D eigenvalue weighted by atomic mass is 35.6. The molecule has 2 aliphatic rings. The van der Waals surface area contributed by atoms with Crippen molar-refractivity contribution in [2.45, 2.75) is 40.2 Å². The summed E-state index contributed by atoms with van der Waals surface area (Å²) in [6.45, 7) is 2.25. The van der Waals surface area contributed by atoms with Crippen LogP contribution in [0.3, 0.4) is 0 Å². The SMILES string of the molecule is CC1(C)[C@H](C(=O)OCC(Cl)(Cl)Cl)N2C(=O)C[C@H]2S1(=O)=O. The summed E-state index contributed by atoms with van der Waals surface area (Å²) >= 11 is 16.4. The van der Waals surface area contributed by atoms with Crippen molar-refractivity contribution in [2.75, 3.05) is 6.61 Å². The fourth-order valence-corrected chi connectivity index (χ4v) is 4.73. The Morgan fingerprint density at radius 2 is 2.00 bits per heavy atom. The highest BCUT2D eigenvalue weighted by Crippen LogP contribution is 2.46. The molecule has 0 saturated carbocycles. The van der Waals surface area contributed by atoms with E-state index in [0.29, 0.717) is 0 Å².